The fourth-order valence-electron chi connectivity index (χ4n) is 1.76. The first-order valence-corrected chi connectivity index (χ1v) is 6.67. The number of hydrogen-bond acceptors (Lipinski definition) is 1. The van der Waals surface area contributed by atoms with E-state index in [1.807, 2.05) is 42.5 Å². The van der Waals surface area contributed by atoms with Gasteiger partial charge in [-0.05, 0) is 42.7 Å². The number of hydrogen-bond donors (Lipinski definition) is 0. The standard InChI is InChI=1S/C16H17ClO/c1-2-14(17)11-13-7-6-10-16(12-13)18-15-8-4-3-5-9-15/h3-10,12,14H,2,11H2,1H3. The summed E-state index contributed by atoms with van der Waals surface area (Å²) in [6.45, 7) is 2.10. The van der Waals surface area contributed by atoms with E-state index in [-0.39, 0.29) is 5.38 Å². The van der Waals surface area contributed by atoms with Gasteiger partial charge in [0.2, 0.25) is 0 Å². The minimum atomic E-state index is 0.192. The highest BCUT2D eigenvalue weighted by Crippen LogP contribution is 2.23. The predicted molar refractivity (Wildman–Crippen MR) is 76.6 cm³/mol. The second kappa shape index (κ2) is 6.46. The van der Waals surface area contributed by atoms with Crippen LogP contribution in [-0.2, 0) is 6.42 Å². The van der Waals surface area contributed by atoms with Crippen LogP contribution in [0.1, 0.15) is 18.9 Å². The van der Waals surface area contributed by atoms with Crippen molar-refractivity contribution in [3.63, 3.8) is 0 Å². The van der Waals surface area contributed by atoms with Crippen LogP contribution in [0.15, 0.2) is 54.6 Å². The predicted octanol–water partition coefficient (Wildman–Crippen LogP) is 5.04. The molecule has 94 valence electrons. The second-order valence-electron chi connectivity index (χ2n) is 4.27. The van der Waals surface area contributed by atoms with Crippen LogP contribution in [0.2, 0.25) is 0 Å². The highest BCUT2D eigenvalue weighted by molar-refractivity contribution is 6.20. The SMILES string of the molecule is CCC(Cl)Cc1cccc(Oc2ccccc2)c1. The Hall–Kier alpha value is -1.47. The summed E-state index contributed by atoms with van der Waals surface area (Å²) in [5.41, 5.74) is 1.21. The average Bonchev–Trinajstić information content (AvgIpc) is 2.40. The van der Waals surface area contributed by atoms with Gasteiger partial charge in [-0.1, -0.05) is 37.3 Å². The van der Waals surface area contributed by atoms with Gasteiger partial charge in [0.15, 0.2) is 0 Å². The van der Waals surface area contributed by atoms with E-state index in [1.165, 1.54) is 5.56 Å². The number of para-hydroxylation sites is 1. The van der Waals surface area contributed by atoms with Gasteiger partial charge in [0, 0.05) is 5.38 Å². The lowest BCUT2D eigenvalue weighted by Gasteiger charge is -2.09. The normalized spacial score (nSPS) is 12.1. The zero-order valence-corrected chi connectivity index (χ0v) is 11.2. The molecule has 0 N–H and O–H groups in total. The van der Waals surface area contributed by atoms with Crippen molar-refractivity contribution < 1.29 is 4.74 Å². The lowest BCUT2D eigenvalue weighted by molar-refractivity contribution is 0.482. The van der Waals surface area contributed by atoms with Crippen LogP contribution >= 0.6 is 11.6 Å². The number of ether oxygens (including phenoxy) is 1. The van der Waals surface area contributed by atoms with E-state index in [2.05, 4.69) is 19.1 Å². The van der Waals surface area contributed by atoms with Crippen LogP contribution in [0.4, 0.5) is 0 Å². The topological polar surface area (TPSA) is 9.23 Å². The molecule has 0 aliphatic rings. The van der Waals surface area contributed by atoms with Gasteiger partial charge in [-0.25, -0.2) is 0 Å². The maximum atomic E-state index is 6.17. The molecule has 0 heterocycles. The highest BCUT2D eigenvalue weighted by atomic mass is 35.5. The molecule has 0 spiro atoms. The Kier molecular flexibility index (Phi) is 4.66. The van der Waals surface area contributed by atoms with Crippen molar-refractivity contribution in [3.05, 3.63) is 60.2 Å². The minimum Gasteiger partial charge on any atom is -0.457 e. The first kappa shape index (κ1) is 13.0. The second-order valence-corrected chi connectivity index (χ2v) is 4.89. The Morgan fingerprint density at radius 3 is 2.44 bits per heavy atom. The molecule has 1 atom stereocenters. The number of alkyl halides is 1. The van der Waals surface area contributed by atoms with E-state index in [0.29, 0.717) is 0 Å². The largest absolute Gasteiger partial charge is 0.457 e. The van der Waals surface area contributed by atoms with Crippen LogP contribution in [-0.4, -0.2) is 5.38 Å². The zero-order valence-electron chi connectivity index (χ0n) is 10.5. The van der Waals surface area contributed by atoms with Crippen LogP contribution in [0, 0.1) is 0 Å². The number of rotatable bonds is 5. The lowest BCUT2D eigenvalue weighted by atomic mass is 10.1. The van der Waals surface area contributed by atoms with Gasteiger partial charge >= 0.3 is 0 Å². The Morgan fingerprint density at radius 1 is 1.00 bits per heavy atom. The molecule has 0 aliphatic carbocycles. The van der Waals surface area contributed by atoms with Gasteiger partial charge in [-0.15, -0.1) is 11.6 Å². The third kappa shape index (κ3) is 3.78. The van der Waals surface area contributed by atoms with Gasteiger partial charge in [0.05, 0.1) is 0 Å². The van der Waals surface area contributed by atoms with E-state index in [0.717, 1.165) is 24.3 Å². The summed E-state index contributed by atoms with van der Waals surface area (Å²) in [6, 6.07) is 17.9. The van der Waals surface area contributed by atoms with E-state index >= 15 is 0 Å². The number of benzene rings is 2. The maximum Gasteiger partial charge on any atom is 0.127 e. The summed E-state index contributed by atoms with van der Waals surface area (Å²) in [4.78, 5) is 0. The van der Waals surface area contributed by atoms with Gasteiger partial charge < -0.3 is 4.74 Å². The monoisotopic (exact) mass is 260 g/mol. The Morgan fingerprint density at radius 2 is 1.72 bits per heavy atom. The molecule has 0 radical (unpaired) electrons. The van der Waals surface area contributed by atoms with Crippen molar-refractivity contribution in [2.45, 2.75) is 25.1 Å². The molecule has 0 bridgehead atoms. The van der Waals surface area contributed by atoms with Crippen LogP contribution in [0.5, 0.6) is 11.5 Å². The number of halogens is 1. The van der Waals surface area contributed by atoms with Gasteiger partial charge in [-0.3, -0.25) is 0 Å². The molecule has 2 rings (SSSR count). The van der Waals surface area contributed by atoms with Crippen molar-refractivity contribution in [3.8, 4) is 11.5 Å². The zero-order chi connectivity index (χ0) is 12.8. The van der Waals surface area contributed by atoms with Gasteiger partial charge in [0.25, 0.3) is 0 Å². The van der Waals surface area contributed by atoms with Gasteiger partial charge in [0.1, 0.15) is 11.5 Å². The summed E-state index contributed by atoms with van der Waals surface area (Å²) in [6.07, 6.45) is 1.86. The molecule has 0 saturated heterocycles. The summed E-state index contributed by atoms with van der Waals surface area (Å²) in [5, 5.41) is 0.192. The fourth-order valence-corrected chi connectivity index (χ4v) is 1.94. The van der Waals surface area contributed by atoms with E-state index in [9.17, 15) is 0 Å². The molecule has 2 heteroatoms. The van der Waals surface area contributed by atoms with Crippen molar-refractivity contribution in [2.24, 2.45) is 0 Å². The fraction of sp³-hybridized carbons (Fsp3) is 0.250. The summed E-state index contributed by atoms with van der Waals surface area (Å²) < 4.78 is 5.79. The van der Waals surface area contributed by atoms with Crippen molar-refractivity contribution in [2.75, 3.05) is 0 Å². The summed E-state index contributed by atoms with van der Waals surface area (Å²) in [7, 11) is 0. The molecule has 2 aromatic carbocycles. The van der Waals surface area contributed by atoms with E-state index in [1.54, 1.807) is 0 Å². The highest BCUT2D eigenvalue weighted by Gasteiger charge is 2.04. The molecule has 0 fully saturated rings. The van der Waals surface area contributed by atoms with Crippen molar-refractivity contribution in [1.29, 1.82) is 0 Å². The summed E-state index contributed by atoms with van der Waals surface area (Å²) >= 11 is 6.17. The Labute approximate surface area is 113 Å². The molecule has 0 amide bonds. The molecule has 0 saturated carbocycles. The van der Waals surface area contributed by atoms with Gasteiger partial charge in [-0.2, -0.15) is 0 Å². The van der Waals surface area contributed by atoms with Crippen LogP contribution < -0.4 is 4.74 Å². The first-order chi connectivity index (χ1) is 8.78. The Bertz CT molecular complexity index is 481. The van der Waals surface area contributed by atoms with Crippen molar-refractivity contribution >= 4 is 11.6 Å². The first-order valence-electron chi connectivity index (χ1n) is 6.24. The average molecular weight is 261 g/mol. The molecular weight excluding hydrogens is 244 g/mol. The molecule has 0 aliphatic heterocycles. The van der Waals surface area contributed by atoms with E-state index in [4.69, 9.17) is 16.3 Å². The van der Waals surface area contributed by atoms with Crippen LogP contribution in [0.3, 0.4) is 0 Å². The maximum absolute atomic E-state index is 6.17. The minimum absolute atomic E-state index is 0.192. The quantitative estimate of drug-likeness (QED) is 0.685. The molecule has 1 nitrogen and oxygen atoms in total. The smallest absolute Gasteiger partial charge is 0.127 e. The lowest BCUT2D eigenvalue weighted by Crippen LogP contribution is -2.01. The molecule has 0 aromatic heterocycles. The summed E-state index contributed by atoms with van der Waals surface area (Å²) in [5.74, 6) is 1.71. The molecular formula is C16H17ClO. The third-order valence-electron chi connectivity index (χ3n) is 2.78. The molecule has 18 heavy (non-hydrogen) atoms. The van der Waals surface area contributed by atoms with Crippen LogP contribution in [0.25, 0.3) is 0 Å². The third-order valence-corrected chi connectivity index (χ3v) is 3.24. The van der Waals surface area contributed by atoms with Crippen molar-refractivity contribution in [1.82, 2.24) is 0 Å². The van der Waals surface area contributed by atoms with E-state index < -0.39 is 0 Å². The Balaban J connectivity index is 2.08. The molecule has 2 aromatic rings. The molecule has 1 unspecified atom stereocenters.